The van der Waals surface area contributed by atoms with Crippen LogP contribution in [0.15, 0.2) is 36.7 Å². The van der Waals surface area contributed by atoms with Crippen LogP contribution < -0.4 is 10.1 Å². The first-order chi connectivity index (χ1) is 8.81. The highest BCUT2D eigenvalue weighted by Crippen LogP contribution is 2.23. The molecule has 1 fully saturated rings. The van der Waals surface area contributed by atoms with E-state index in [-0.39, 0.29) is 0 Å². The van der Waals surface area contributed by atoms with E-state index in [0.717, 1.165) is 30.5 Å². The van der Waals surface area contributed by atoms with Gasteiger partial charge < -0.3 is 10.1 Å². The molecule has 94 valence electrons. The summed E-state index contributed by atoms with van der Waals surface area (Å²) in [6.07, 6.45) is 6.19. The predicted molar refractivity (Wildman–Crippen MR) is 72.9 cm³/mol. The molecule has 1 aliphatic rings. The predicted octanol–water partition coefficient (Wildman–Crippen LogP) is 2.75. The minimum absolute atomic E-state index is 0.334. The van der Waals surface area contributed by atoms with Crippen LogP contribution in [0.2, 0.25) is 0 Å². The number of ether oxygens (including phenoxy) is 1. The zero-order valence-electron chi connectivity index (χ0n) is 10.6. The van der Waals surface area contributed by atoms with Crippen LogP contribution >= 0.6 is 0 Å². The molecule has 2 heterocycles. The number of hydrogen-bond donors (Lipinski definition) is 1. The maximum Gasteiger partial charge on any atom is 0.120 e. The molecule has 2 atom stereocenters. The normalized spacial score (nSPS) is 24.1. The third-order valence-electron chi connectivity index (χ3n) is 3.49. The molecule has 2 aromatic rings. The third kappa shape index (κ3) is 2.46. The van der Waals surface area contributed by atoms with Gasteiger partial charge in [0.15, 0.2) is 0 Å². The molecule has 18 heavy (non-hydrogen) atoms. The third-order valence-corrected chi connectivity index (χ3v) is 3.49. The molecule has 0 bridgehead atoms. The van der Waals surface area contributed by atoms with E-state index >= 15 is 0 Å². The largest absolute Gasteiger partial charge is 0.490 e. The second kappa shape index (κ2) is 4.94. The van der Waals surface area contributed by atoms with Crippen LogP contribution in [0, 0.1) is 0 Å². The Hall–Kier alpha value is -1.61. The number of piperidine rings is 1. The molecular formula is C15H18N2O. The topological polar surface area (TPSA) is 34.1 Å². The van der Waals surface area contributed by atoms with Gasteiger partial charge in [-0.3, -0.25) is 4.98 Å². The lowest BCUT2D eigenvalue weighted by Gasteiger charge is -2.28. The van der Waals surface area contributed by atoms with E-state index in [9.17, 15) is 0 Å². The molecule has 1 aliphatic heterocycles. The molecule has 0 amide bonds. The van der Waals surface area contributed by atoms with Gasteiger partial charge in [0.2, 0.25) is 0 Å². The van der Waals surface area contributed by atoms with Gasteiger partial charge in [-0.15, -0.1) is 0 Å². The van der Waals surface area contributed by atoms with Crippen molar-refractivity contribution in [3.05, 3.63) is 36.7 Å². The van der Waals surface area contributed by atoms with Crippen molar-refractivity contribution in [1.29, 1.82) is 0 Å². The first-order valence-electron chi connectivity index (χ1n) is 6.55. The Kier molecular flexibility index (Phi) is 3.15. The summed E-state index contributed by atoms with van der Waals surface area (Å²) in [6.45, 7) is 3.25. The van der Waals surface area contributed by atoms with E-state index in [1.54, 1.807) is 0 Å². The Morgan fingerprint density at radius 2 is 2.22 bits per heavy atom. The Labute approximate surface area is 107 Å². The molecule has 0 radical (unpaired) electrons. The van der Waals surface area contributed by atoms with Gasteiger partial charge in [-0.25, -0.2) is 0 Å². The molecular weight excluding hydrogens is 224 g/mol. The highest BCUT2D eigenvalue weighted by molar-refractivity contribution is 5.82. The van der Waals surface area contributed by atoms with Crippen LogP contribution in [0.1, 0.15) is 19.8 Å². The van der Waals surface area contributed by atoms with Gasteiger partial charge in [0.25, 0.3) is 0 Å². The quantitative estimate of drug-likeness (QED) is 0.879. The fourth-order valence-corrected chi connectivity index (χ4v) is 2.52. The zero-order chi connectivity index (χ0) is 12.4. The summed E-state index contributed by atoms with van der Waals surface area (Å²) >= 11 is 0. The van der Waals surface area contributed by atoms with Crippen molar-refractivity contribution < 1.29 is 4.74 Å². The average molecular weight is 242 g/mol. The van der Waals surface area contributed by atoms with Crippen LogP contribution in [0.25, 0.3) is 10.8 Å². The Balaban J connectivity index is 1.78. The average Bonchev–Trinajstić information content (AvgIpc) is 2.39. The van der Waals surface area contributed by atoms with Crippen LogP contribution in [-0.2, 0) is 0 Å². The number of hydrogen-bond acceptors (Lipinski definition) is 3. The van der Waals surface area contributed by atoms with Crippen LogP contribution in [0.4, 0.5) is 0 Å². The summed E-state index contributed by atoms with van der Waals surface area (Å²) in [5.74, 6) is 0.966. The van der Waals surface area contributed by atoms with Gasteiger partial charge in [-0.2, -0.15) is 0 Å². The van der Waals surface area contributed by atoms with Crippen molar-refractivity contribution in [3.63, 3.8) is 0 Å². The van der Waals surface area contributed by atoms with Crippen molar-refractivity contribution in [2.75, 3.05) is 6.54 Å². The summed E-state index contributed by atoms with van der Waals surface area (Å²) in [7, 11) is 0. The van der Waals surface area contributed by atoms with Crippen molar-refractivity contribution in [2.45, 2.75) is 31.9 Å². The molecule has 1 aromatic heterocycles. The molecule has 1 aromatic carbocycles. The first kappa shape index (κ1) is 11.5. The molecule has 3 heteroatoms. The second-order valence-electron chi connectivity index (χ2n) is 5.00. The summed E-state index contributed by atoms with van der Waals surface area (Å²) in [6, 6.07) is 8.78. The van der Waals surface area contributed by atoms with Gasteiger partial charge >= 0.3 is 0 Å². The summed E-state index contributed by atoms with van der Waals surface area (Å²) in [4.78, 5) is 4.12. The smallest absolute Gasteiger partial charge is 0.120 e. The van der Waals surface area contributed by atoms with E-state index in [1.807, 2.05) is 24.5 Å². The molecule has 3 nitrogen and oxygen atoms in total. The minimum atomic E-state index is 0.334. The molecule has 1 saturated heterocycles. The van der Waals surface area contributed by atoms with Gasteiger partial charge in [-0.1, -0.05) is 0 Å². The fourth-order valence-electron chi connectivity index (χ4n) is 2.52. The number of nitrogens with zero attached hydrogens (tertiary/aromatic N) is 1. The van der Waals surface area contributed by atoms with Crippen LogP contribution in [0.3, 0.4) is 0 Å². The lowest BCUT2D eigenvalue weighted by atomic mass is 10.0. The first-order valence-corrected chi connectivity index (χ1v) is 6.55. The highest BCUT2D eigenvalue weighted by Gasteiger charge is 2.19. The van der Waals surface area contributed by atoms with Crippen molar-refractivity contribution in [3.8, 4) is 5.75 Å². The Morgan fingerprint density at radius 1 is 1.28 bits per heavy atom. The number of fused-ring (bicyclic) bond motifs is 1. The lowest BCUT2D eigenvalue weighted by molar-refractivity contribution is 0.144. The maximum absolute atomic E-state index is 6.07. The lowest BCUT2D eigenvalue weighted by Crippen LogP contribution is -2.40. The van der Waals surface area contributed by atoms with E-state index in [2.05, 4.69) is 29.4 Å². The van der Waals surface area contributed by atoms with E-state index < -0.39 is 0 Å². The van der Waals surface area contributed by atoms with E-state index in [0.29, 0.717) is 12.1 Å². The summed E-state index contributed by atoms with van der Waals surface area (Å²) in [5.41, 5.74) is 0. The van der Waals surface area contributed by atoms with Crippen molar-refractivity contribution in [2.24, 2.45) is 0 Å². The number of pyridine rings is 1. The monoisotopic (exact) mass is 242 g/mol. The maximum atomic E-state index is 6.07. The van der Waals surface area contributed by atoms with Crippen molar-refractivity contribution in [1.82, 2.24) is 10.3 Å². The van der Waals surface area contributed by atoms with Crippen molar-refractivity contribution >= 4 is 10.8 Å². The SMILES string of the molecule is C[C@H]1C[C@@H](Oc2ccc3cnccc3c2)CCN1. The van der Waals surface area contributed by atoms with Gasteiger partial charge in [0, 0.05) is 23.8 Å². The second-order valence-corrected chi connectivity index (χ2v) is 5.00. The zero-order valence-corrected chi connectivity index (χ0v) is 10.6. The minimum Gasteiger partial charge on any atom is -0.490 e. The van der Waals surface area contributed by atoms with E-state index in [4.69, 9.17) is 4.74 Å². The van der Waals surface area contributed by atoms with Gasteiger partial charge in [-0.05, 0) is 56.0 Å². The molecule has 0 spiro atoms. The Morgan fingerprint density at radius 3 is 3.11 bits per heavy atom. The summed E-state index contributed by atoms with van der Waals surface area (Å²) in [5, 5.41) is 5.78. The van der Waals surface area contributed by atoms with Gasteiger partial charge in [0.1, 0.15) is 11.9 Å². The van der Waals surface area contributed by atoms with E-state index in [1.165, 1.54) is 5.39 Å². The van der Waals surface area contributed by atoms with Crippen LogP contribution in [0.5, 0.6) is 5.75 Å². The number of nitrogens with one attached hydrogen (secondary N) is 1. The molecule has 0 aliphatic carbocycles. The van der Waals surface area contributed by atoms with Gasteiger partial charge in [0.05, 0.1) is 0 Å². The number of aromatic nitrogens is 1. The standard InChI is InChI=1S/C15H18N2O/c1-11-8-15(5-7-17-11)18-14-3-2-13-10-16-6-4-12(13)9-14/h2-4,6,9-11,15,17H,5,7-8H2,1H3/t11-,15-/m0/s1. The molecule has 0 saturated carbocycles. The summed E-state index contributed by atoms with van der Waals surface area (Å²) < 4.78 is 6.07. The highest BCUT2D eigenvalue weighted by atomic mass is 16.5. The number of rotatable bonds is 2. The Bertz CT molecular complexity index is 541. The molecule has 3 rings (SSSR count). The fraction of sp³-hybridized carbons (Fsp3) is 0.400. The molecule has 1 N–H and O–H groups in total. The number of benzene rings is 1. The van der Waals surface area contributed by atoms with Crippen LogP contribution in [-0.4, -0.2) is 23.7 Å². The molecule has 0 unspecified atom stereocenters.